The number of esters is 1. The molecule has 0 rings (SSSR count). The number of hydrogen-bond acceptors (Lipinski definition) is 5. The lowest BCUT2D eigenvalue weighted by Crippen LogP contribution is -2.45. The first kappa shape index (κ1) is 68.6. The number of amides is 1. The van der Waals surface area contributed by atoms with Gasteiger partial charge in [0.25, 0.3) is 0 Å². The number of carbonyl (C=O) groups is 2. The zero-order valence-electron chi connectivity index (χ0n) is 47.5. The minimum absolute atomic E-state index is 0.0257. The van der Waals surface area contributed by atoms with Crippen LogP contribution in [0.4, 0.5) is 0 Å². The van der Waals surface area contributed by atoms with Crippen LogP contribution in [0.2, 0.25) is 0 Å². The van der Waals surface area contributed by atoms with E-state index in [1.54, 1.807) is 0 Å². The summed E-state index contributed by atoms with van der Waals surface area (Å²) in [7, 11) is 0. The van der Waals surface area contributed by atoms with E-state index in [-0.39, 0.29) is 18.5 Å². The van der Waals surface area contributed by atoms with E-state index in [1.165, 1.54) is 250 Å². The summed E-state index contributed by atoms with van der Waals surface area (Å²) >= 11 is 0. The molecule has 0 aliphatic carbocycles. The molecule has 0 spiro atoms. The van der Waals surface area contributed by atoms with E-state index in [4.69, 9.17) is 4.74 Å². The summed E-state index contributed by atoms with van der Waals surface area (Å²) in [5.74, 6) is -0.0848. The SMILES string of the molecule is CCCCCCCCCCCCCCCCCCCCCCCCCCCC(O)C(CO)NC(=O)CCCCCCC/C=C\CCCCOC(=O)CCCCCCCCCCCCCCCCCCC. The third-order valence-electron chi connectivity index (χ3n) is 15.1. The lowest BCUT2D eigenvalue weighted by atomic mass is 10.0. The van der Waals surface area contributed by atoms with Crippen molar-refractivity contribution in [2.45, 2.75) is 373 Å². The number of allylic oxidation sites excluding steroid dienone is 2. The second kappa shape index (κ2) is 60.2. The van der Waals surface area contributed by atoms with Gasteiger partial charge in [0.1, 0.15) is 0 Å². The molecule has 1 amide bonds. The zero-order chi connectivity index (χ0) is 50.7. The van der Waals surface area contributed by atoms with Gasteiger partial charge < -0.3 is 20.3 Å². The van der Waals surface area contributed by atoms with Crippen LogP contribution in [0.15, 0.2) is 12.2 Å². The van der Waals surface area contributed by atoms with Crippen molar-refractivity contribution in [3.05, 3.63) is 12.2 Å². The van der Waals surface area contributed by atoms with Gasteiger partial charge in [-0.05, 0) is 51.4 Å². The second-order valence-corrected chi connectivity index (χ2v) is 22.1. The summed E-state index contributed by atoms with van der Waals surface area (Å²) in [6.45, 7) is 4.92. The average Bonchev–Trinajstić information content (AvgIpc) is 3.36. The molecule has 0 radical (unpaired) electrons. The average molecular weight is 989 g/mol. The fourth-order valence-electron chi connectivity index (χ4n) is 10.2. The van der Waals surface area contributed by atoms with E-state index in [1.807, 2.05) is 0 Å². The van der Waals surface area contributed by atoms with E-state index >= 15 is 0 Å². The standard InChI is InChI=1S/C64H125NO5/c1-3-5-7-9-11-13-15-17-19-21-22-23-24-25-26-27-28-30-31-33-36-40-44-48-52-56-62(67)61(60-66)65-63(68)57-53-49-45-41-37-35-39-43-47-51-55-59-70-64(69)58-54-50-46-42-38-34-32-29-20-18-16-14-12-10-8-6-4-2/h39,43,61-62,66-67H,3-38,40-42,44-60H2,1-2H3,(H,65,68)/b43-39-. The molecule has 70 heavy (non-hydrogen) atoms. The van der Waals surface area contributed by atoms with Gasteiger partial charge in [-0.15, -0.1) is 0 Å². The van der Waals surface area contributed by atoms with Crippen LogP contribution in [0.25, 0.3) is 0 Å². The Hall–Kier alpha value is -1.40. The molecule has 0 saturated carbocycles. The van der Waals surface area contributed by atoms with Crippen LogP contribution in [0.5, 0.6) is 0 Å². The normalized spacial score (nSPS) is 12.6. The largest absolute Gasteiger partial charge is 0.466 e. The van der Waals surface area contributed by atoms with Crippen molar-refractivity contribution in [3.8, 4) is 0 Å². The van der Waals surface area contributed by atoms with Crippen LogP contribution in [0, 0.1) is 0 Å². The minimum Gasteiger partial charge on any atom is -0.466 e. The molecule has 0 aliphatic rings. The highest BCUT2D eigenvalue weighted by Gasteiger charge is 2.20. The fourth-order valence-corrected chi connectivity index (χ4v) is 10.2. The first-order valence-electron chi connectivity index (χ1n) is 31.9. The van der Waals surface area contributed by atoms with Gasteiger partial charge in [0.15, 0.2) is 0 Å². The van der Waals surface area contributed by atoms with Gasteiger partial charge in [-0.2, -0.15) is 0 Å². The number of aliphatic hydroxyl groups excluding tert-OH is 2. The molecular formula is C64H125NO5. The molecule has 0 bridgehead atoms. The van der Waals surface area contributed by atoms with Crippen LogP contribution in [0.3, 0.4) is 0 Å². The van der Waals surface area contributed by atoms with Crippen LogP contribution in [-0.2, 0) is 14.3 Å². The maximum atomic E-state index is 12.5. The maximum absolute atomic E-state index is 12.5. The quantitative estimate of drug-likeness (QED) is 0.0321. The van der Waals surface area contributed by atoms with Gasteiger partial charge >= 0.3 is 5.97 Å². The highest BCUT2D eigenvalue weighted by Crippen LogP contribution is 2.18. The molecule has 0 aromatic heterocycles. The van der Waals surface area contributed by atoms with E-state index in [0.717, 1.165) is 77.0 Å². The number of unbranched alkanes of at least 4 members (excludes halogenated alkanes) is 47. The van der Waals surface area contributed by atoms with E-state index in [9.17, 15) is 19.8 Å². The van der Waals surface area contributed by atoms with Crippen molar-refractivity contribution < 1.29 is 24.5 Å². The number of aliphatic hydroxyl groups is 2. The van der Waals surface area contributed by atoms with Gasteiger partial charge in [-0.25, -0.2) is 0 Å². The van der Waals surface area contributed by atoms with Crippen LogP contribution < -0.4 is 5.32 Å². The molecule has 416 valence electrons. The fraction of sp³-hybridized carbons (Fsp3) is 0.938. The Balaban J connectivity index is 3.46. The monoisotopic (exact) mass is 988 g/mol. The topological polar surface area (TPSA) is 95.9 Å². The summed E-state index contributed by atoms with van der Waals surface area (Å²) in [6, 6.07) is -0.563. The van der Waals surface area contributed by atoms with Gasteiger partial charge in [0.05, 0.1) is 25.4 Å². The summed E-state index contributed by atoms with van der Waals surface area (Å²) in [4.78, 5) is 24.6. The molecule has 0 aliphatic heterocycles. The maximum Gasteiger partial charge on any atom is 0.305 e. The Bertz CT molecular complexity index is 1050. The van der Waals surface area contributed by atoms with Gasteiger partial charge in [-0.3, -0.25) is 9.59 Å². The summed E-state index contributed by atoms with van der Waals surface area (Å²) < 4.78 is 5.46. The minimum atomic E-state index is -0.683. The highest BCUT2D eigenvalue weighted by atomic mass is 16.5. The molecule has 2 atom stereocenters. The van der Waals surface area contributed by atoms with Crippen molar-refractivity contribution in [3.63, 3.8) is 0 Å². The van der Waals surface area contributed by atoms with Crippen molar-refractivity contribution in [2.24, 2.45) is 0 Å². The number of carbonyl (C=O) groups excluding carboxylic acids is 2. The lowest BCUT2D eigenvalue weighted by Gasteiger charge is -2.22. The Morgan fingerprint density at radius 1 is 0.386 bits per heavy atom. The Morgan fingerprint density at radius 2 is 0.671 bits per heavy atom. The number of ether oxygens (including phenoxy) is 1. The van der Waals surface area contributed by atoms with Crippen LogP contribution in [-0.4, -0.2) is 47.4 Å². The molecule has 0 saturated heterocycles. The predicted molar refractivity (Wildman–Crippen MR) is 306 cm³/mol. The van der Waals surface area contributed by atoms with Crippen molar-refractivity contribution in [1.82, 2.24) is 5.32 Å². The molecular weight excluding hydrogens is 863 g/mol. The second-order valence-electron chi connectivity index (χ2n) is 22.1. The van der Waals surface area contributed by atoms with E-state index in [2.05, 4.69) is 31.3 Å². The molecule has 0 aromatic carbocycles. The molecule has 6 nitrogen and oxygen atoms in total. The lowest BCUT2D eigenvalue weighted by molar-refractivity contribution is -0.143. The molecule has 2 unspecified atom stereocenters. The van der Waals surface area contributed by atoms with Crippen molar-refractivity contribution in [2.75, 3.05) is 13.2 Å². The van der Waals surface area contributed by atoms with Crippen molar-refractivity contribution >= 4 is 11.9 Å². The van der Waals surface area contributed by atoms with Crippen molar-refractivity contribution in [1.29, 1.82) is 0 Å². The molecule has 0 heterocycles. The number of hydrogen-bond donors (Lipinski definition) is 3. The summed E-state index contributed by atoms with van der Waals surface area (Å²) in [5, 5.41) is 23.4. The zero-order valence-corrected chi connectivity index (χ0v) is 47.5. The van der Waals surface area contributed by atoms with Gasteiger partial charge in [0, 0.05) is 12.8 Å². The molecule has 0 fully saturated rings. The first-order valence-corrected chi connectivity index (χ1v) is 31.9. The summed E-state index contributed by atoms with van der Waals surface area (Å²) in [5.41, 5.74) is 0. The number of rotatable bonds is 60. The van der Waals surface area contributed by atoms with Gasteiger partial charge in [-0.1, -0.05) is 309 Å². The summed E-state index contributed by atoms with van der Waals surface area (Å²) in [6.07, 6.45) is 72.3. The van der Waals surface area contributed by atoms with E-state index < -0.39 is 12.1 Å². The third-order valence-corrected chi connectivity index (χ3v) is 15.1. The van der Waals surface area contributed by atoms with E-state index in [0.29, 0.717) is 25.9 Å². The Kier molecular flexibility index (Phi) is 59.0. The highest BCUT2D eigenvalue weighted by molar-refractivity contribution is 5.76. The van der Waals surface area contributed by atoms with Crippen LogP contribution in [0.1, 0.15) is 361 Å². The Morgan fingerprint density at radius 3 is 1.01 bits per heavy atom. The van der Waals surface area contributed by atoms with Crippen LogP contribution >= 0.6 is 0 Å². The smallest absolute Gasteiger partial charge is 0.305 e. The molecule has 6 heteroatoms. The Labute approximate surface area is 438 Å². The third kappa shape index (κ3) is 55.9. The number of nitrogens with one attached hydrogen (secondary N) is 1. The molecule has 3 N–H and O–H groups in total. The predicted octanol–water partition coefficient (Wildman–Crippen LogP) is 20.0. The molecule has 0 aromatic rings. The van der Waals surface area contributed by atoms with Gasteiger partial charge in [0.2, 0.25) is 5.91 Å². The first-order chi connectivity index (χ1) is 34.5.